The summed E-state index contributed by atoms with van der Waals surface area (Å²) >= 11 is 0. The molecule has 1 rings (SSSR count). The predicted molar refractivity (Wildman–Crippen MR) is 64.7 cm³/mol. The predicted octanol–water partition coefficient (Wildman–Crippen LogP) is 4.06. The number of hydrogen-bond donors (Lipinski definition) is 0. The summed E-state index contributed by atoms with van der Waals surface area (Å²) in [5.74, 6) is 2.33. The molecule has 2 unspecified atom stereocenters. The molecule has 0 saturated heterocycles. The van der Waals surface area contributed by atoms with E-state index in [1.54, 1.807) is 0 Å². The first kappa shape index (κ1) is 12.7. The van der Waals surface area contributed by atoms with Crippen LogP contribution in [-0.4, -0.2) is 5.78 Å². The summed E-state index contributed by atoms with van der Waals surface area (Å²) in [6.45, 7) is 11.0. The molecular formula is C14H26O. The normalized spacial score (nSPS) is 32.7. The molecule has 1 nitrogen and oxygen atoms in total. The molecule has 0 aromatic heterocycles. The third-order valence-corrected chi connectivity index (χ3v) is 3.34. The van der Waals surface area contributed by atoms with E-state index in [4.69, 9.17) is 0 Å². The van der Waals surface area contributed by atoms with Crippen LogP contribution in [0.25, 0.3) is 0 Å². The van der Waals surface area contributed by atoms with Gasteiger partial charge in [-0.15, -0.1) is 0 Å². The van der Waals surface area contributed by atoms with Crippen molar-refractivity contribution in [2.75, 3.05) is 0 Å². The van der Waals surface area contributed by atoms with Gasteiger partial charge >= 0.3 is 0 Å². The molecule has 1 aliphatic rings. The molecule has 0 aromatic rings. The van der Waals surface area contributed by atoms with Gasteiger partial charge < -0.3 is 0 Å². The van der Waals surface area contributed by atoms with Gasteiger partial charge in [0.1, 0.15) is 5.78 Å². The summed E-state index contributed by atoms with van der Waals surface area (Å²) in [6.07, 6.45) is 4.30. The molecule has 0 heterocycles. The van der Waals surface area contributed by atoms with Crippen molar-refractivity contribution in [2.45, 2.75) is 60.3 Å². The first-order chi connectivity index (χ1) is 6.78. The van der Waals surface area contributed by atoms with Crippen molar-refractivity contribution < 1.29 is 4.79 Å². The van der Waals surface area contributed by atoms with Gasteiger partial charge in [0.15, 0.2) is 0 Å². The molecular weight excluding hydrogens is 184 g/mol. The van der Waals surface area contributed by atoms with Crippen LogP contribution in [0.4, 0.5) is 0 Å². The topological polar surface area (TPSA) is 17.1 Å². The molecule has 0 bridgehead atoms. The fourth-order valence-corrected chi connectivity index (χ4v) is 2.88. The largest absolute Gasteiger partial charge is 0.299 e. The van der Waals surface area contributed by atoms with Gasteiger partial charge in [-0.05, 0) is 36.5 Å². The van der Waals surface area contributed by atoms with Crippen molar-refractivity contribution in [3.63, 3.8) is 0 Å². The number of rotatable bonds is 2. The van der Waals surface area contributed by atoms with Gasteiger partial charge in [0.25, 0.3) is 0 Å². The monoisotopic (exact) mass is 210 g/mol. The Balaban J connectivity index is 2.52. The summed E-state index contributed by atoms with van der Waals surface area (Å²) in [4.78, 5) is 12.1. The zero-order valence-corrected chi connectivity index (χ0v) is 11.0. The van der Waals surface area contributed by atoms with E-state index in [2.05, 4.69) is 34.6 Å². The zero-order valence-electron chi connectivity index (χ0n) is 11.0. The van der Waals surface area contributed by atoms with Crippen molar-refractivity contribution in [3.05, 3.63) is 0 Å². The molecule has 1 aliphatic carbocycles. The molecule has 0 aliphatic heterocycles. The van der Waals surface area contributed by atoms with E-state index < -0.39 is 0 Å². The van der Waals surface area contributed by atoms with Crippen molar-refractivity contribution >= 4 is 5.78 Å². The second-order valence-electron chi connectivity index (χ2n) is 6.82. The van der Waals surface area contributed by atoms with E-state index in [0.29, 0.717) is 11.7 Å². The van der Waals surface area contributed by atoms with Crippen LogP contribution in [0.1, 0.15) is 60.3 Å². The highest BCUT2D eigenvalue weighted by Crippen LogP contribution is 2.35. The van der Waals surface area contributed by atoms with Gasteiger partial charge in [-0.1, -0.05) is 34.6 Å². The number of hydrogen-bond acceptors (Lipinski definition) is 1. The molecule has 0 aromatic carbocycles. The maximum atomic E-state index is 12.1. The number of carbonyl (C=O) groups excluding carboxylic acids is 1. The Morgan fingerprint density at radius 1 is 1.07 bits per heavy atom. The molecule has 0 N–H and O–H groups in total. The SMILES string of the molecule is CC1CC(C)CC(C(=O)CC(C)(C)C)C1. The van der Waals surface area contributed by atoms with E-state index in [0.717, 1.165) is 31.1 Å². The fourth-order valence-electron chi connectivity index (χ4n) is 2.88. The Kier molecular flexibility index (Phi) is 3.97. The standard InChI is InChI=1S/C14H26O/c1-10-6-11(2)8-12(7-10)13(15)9-14(3,4)5/h10-12H,6-9H2,1-5H3. The number of Topliss-reactive ketones (excluding diaryl/α,β-unsaturated/α-hetero) is 1. The van der Waals surface area contributed by atoms with E-state index >= 15 is 0 Å². The lowest BCUT2D eigenvalue weighted by atomic mass is 9.72. The van der Waals surface area contributed by atoms with Crippen molar-refractivity contribution in [2.24, 2.45) is 23.2 Å². The maximum Gasteiger partial charge on any atom is 0.136 e. The summed E-state index contributed by atoms with van der Waals surface area (Å²) < 4.78 is 0. The number of ketones is 1. The molecule has 0 radical (unpaired) electrons. The maximum absolute atomic E-state index is 12.1. The van der Waals surface area contributed by atoms with Gasteiger partial charge in [-0.2, -0.15) is 0 Å². The Morgan fingerprint density at radius 2 is 1.53 bits per heavy atom. The molecule has 88 valence electrons. The first-order valence-corrected chi connectivity index (χ1v) is 6.30. The Morgan fingerprint density at radius 3 is 1.93 bits per heavy atom. The van der Waals surface area contributed by atoms with Gasteiger partial charge in [-0.3, -0.25) is 4.79 Å². The lowest BCUT2D eigenvalue weighted by molar-refractivity contribution is -0.126. The number of carbonyl (C=O) groups is 1. The van der Waals surface area contributed by atoms with Crippen LogP contribution in [0, 0.1) is 23.2 Å². The molecule has 0 spiro atoms. The van der Waals surface area contributed by atoms with Crippen LogP contribution >= 0.6 is 0 Å². The highest BCUT2D eigenvalue weighted by Gasteiger charge is 2.30. The quantitative estimate of drug-likeness (QED) is 0.671. The molecule has 1 saturated carbocycles. The average molecular weight is 210 g/mol. The summed E-state index contributed by atoms with van der Waals surface area (Å²) in [6, 6.07) is 0. The third-order valence-electron chi connectivity index (χ3n) is 3.34. The Hall–Kier alpha value is -0.330. The summed E-state index contributed by atoms with van der Waals surface area (Å²) in [5.41, 5.74) is 0.154. The Bertz CT molecular complexity index is 214. The fraction of sp³-hybridized carbons (Fsp3) is 0.929. The van der Waals surface area contributed by atoms with E-state index in [1.165, 1.54) is 6.42 Å². The van der Waals surface area contributed by atoms with Crippen LogP contribution in [0.5, 0.6) is 0 Å². The molecule has 1 fully saturated rings. The molecule has 2 atom stereocenters. The summed E-state index contributed by atoms with van der Waals surface area (Å²) in [5, 5.41) is 0. The van der Waals surface area contributed by atoms with Crippen LogP contribution in [0.3, 0.4) is 0 Å². The molecule has 15 heavy (non-hydrogen) atoms. The second kappa shape index (κ2) is 4.67. The lowest BCUT2D eigenvalue weighted by Gasteiger charge is -2.32. The van der Waals surface area contributed by atoms with E-state index in [9.17, 15) is 4.79 Å². The second-order valence-corrected chi connectivity index (χ2v) is 6.82. The van der Waals surface area contributed by atoms with Crippen LogP contribution < -0.4 is 0 Å². The van der Waals surface area contributed by atoms with Gasteiger partial charge in [0.2, 0.25) is 0 Å². The van der Waals surface area contributed by atoms with Crippen LogP contribution in [-0.2, 0) is 4.79 Å². The lowest BCUT2D eigenvalue weighted by Crippen LogP contribution is -2.28. The van der Waals surface area contributed by atoms with Crippen molar-refractivity contribution in [1.29, 1.82) is 0 Å². The third kappa shape index (κ3) is 4.36. The van der Waals surface area contributed by atoms with Crippen molar-refractivity contribution in [1.82, 2.24) is 0 Å². The highest BCUT2D eigenvalue weighted by atomic mass is 16.1. The minimum atomic E-state index is 0.154. The first-order valence-electron chi connectivity index (χ1n) is 6.30. The Labute approximate surface area is 94.6 Å². The average Bonchev–Trinajstić information content (AvgIpc) is 1.98. The highest BCUT2D eigenvalue weighted by molar-refractivity contribution is 5.81. The van der Waals surface area contributed by atoms with Gasteiger partial charge in [-0.25, -0.2) is 0 Å². The minimum absolute atomic E-state index is 0.154. The summed E-state index contributed by atoms with van der Waals surface area (Å²) in [7, 11) is 0. The van der Waals surface area contributed by atoms with Crippen molar-refractivity contribution in [3.8, 4) is 0 Å². The molecule has 0 amide bonds. The van der Waals surface area contributed by atoms with Crippen LogP contribution in [0.2, 0.25) is 0 Å². The smallest absolute Gasteiger partial charge is 0.136 e. The van der Waals surface area contributed by atoms with Crippen LogP contribution in [0.15, 0.2) is 0 Å². The van der Waals surface area contributed by atoms with Gasteiger partial charge in [0.05, 0.1) is 0 Å². The van der Waals surface area contributed by atoms with E-state index in [1.807, 2.05) is 0 Å². The van der Waals surface area contributed by atoms with Gasteiger partial charge in [0, 0.05) is 12.3 Å². The minimum Gasteiger partial charge on any atom is -0.299 e. The molecule has 1 heteroatoms. The zero-order chi connectivity index (χ0) is 11.6. The van der Waals surface area contributed by atoms with E-state index in [-0.39, 0.29) is 5.41 Å².